The number of thiophene rings is 1. The molecule has 1 unspecified atom stereocenters. The van der Waals surface area contributed by atoms with Crippen LogP contribution in [0, 0.1) is 0 Å². The first-order valence-corrected chi connectivity index (χ1v) is 7.74. The van der Waals surface area contributed by atoms with Crippen LogP contribution in [0.5, 0.6) is 0 Å². The van der Waals surface area contributed by atoms with Crippen molar-refractivity contribution in [2.24, 2.45) is 0 Å². The maximum atomic E-state index is 11.4. The van der Waals surface area contributed by atoms with Crippen LogP contribution in [-0.2, 0) is 0 Å². The van der Waals surface area contributed by atoms with E-state index < -0.39 is 0 Å². The number of rotatable bonds is 6. The summed E-state index contributed by atoms with van der Waals surface area (Å²) in [6.07, 6.45) is 1.65. The third-order valence-electron chi connectivity index (χ3n) is 2.86. The predicted octanol–water partition coefficient (Wildman–Crippen LogP) is 2.94. The molecule has 0 aliphatic carbocycles. The van der Waals surface area contributed by atoms with Crippen molar-refractivity contribution in [3.05, 3.63) is 45.5 Å². The zero-order valence-electron chi connectivity index (χ0n) is 11.9. The molecule has 114 valence electrons. The van der Waals surface area contributed by atoms with Gasteiger partial charge in [0.1, 0.15) is 11.8 Å². The van der Waals surface area contributed by atoms with E-state index in [-0.39, 0.29) is 12.1 Å². The quantitative estimate of drug-likeness (QED) is 0.802. The summed E-state index contributed by atoms with van der Waals surface area (Å²) in [7, 11) is 3.42. The minimum atomic E-state index is -0.106. The molecule has 0 aliphatic rings. The van der Waals surface area contributed by atoms with Crippen LogP contribution in [0.3, 0.4) is 0 Å². The molecule has 7 heteroatoms. The van der Waals surface area contributed by atoms with Gasteiger partial charge in [-0.25, -0.2) is 4.79 Å². The second-order valence-corrected chi connectivity index (χ2v) is 6.42. The van der Waals surface area contributed by atoms with E-state index >= 15 is 0 Å². The lowest BCUT2D eigenvalue weighted by Crippen LogP contribution is -2.39. The molecule has 1 atom stereocenters. The monoisotopic (exact) mass is 327 g/mol. The van der Waals surface area contributed by atoms with Crippen LogP contribution >= 0.6 is 22.9 Å². The highest BCUT2D eigenvalue weighted by Gasteiger charge is 2.18. The van der Waals surface area contributed by atoms with Gasteiger partial charge in [0.2, 0.25) is 0 Å². The Morgan fingerprint density at radius 2 is 2.19 bits per heavy atom. The first kappa shape index (κ1) is 15.9. The molecule has 0 radical (unpaired) electrons. The topological polar surface area (TPSA) is 57.5 Å². The zero-order valence-corrected chi connectivity index (χ0v) is 13.5. The summed E-state index contributed by atoms with van der Waals surface area (Å²) < 4.78 is 6.22. The number of urea groups is 1. The fraction of sp³-hybridized carbons (Fsp3) is 0.357. The van der Waals surface area contributed by atoms with Crippen LogP contribution in [-0.4, -0.2) is 38.1 Å². The van der Waals surface area contributed by atoms with Crippen molar-refractivity contribution < 1.29 is 9.21 Å². The normalized spacial score (nSPS) is 12.1. The molecule has 0 bridgehead atoms. The molecule has 5 nitrogen and oxygen atoms in total. The number of nitrogens with one attached hydrogen (secondary N) is 2. The van der Waals surface area contributed by atoms with Crippen molar-refractivity contribution >= 4 is 29.0 Å². The van der Waals surface area contributed by atoms with Gasteiger partial charge in [0, 0.05) is 32.1 Å². The highest BCUT2D eigenvalue weighted by molar-refractivity contribution is 7.16. The minimum absolute atomic E-state index is 0.0613. The molecular formula is C14H18ClN3O2S. The summed E-state index contributed by atoms with van der Waals surface area (Å²) in [5.41, 5.74) is 0. The van der Waals surface area contributed by atoms with Crippen molar-refractivity contribution in [2.45, 2.75) is 6.04 Å². The third-order valence-corrected chi connectivity index (χ3v) is 4.16. The van der Waals surface area contributed by atoms with Crippen LogP contribution in [0.4, 0.5) is 4.79 Å². The summed E-state index contributed by atoms with van der Waals surface area (Å²) in [6.45, 7) is 1.16. The molecule has 2 heterocycles. The van der Waals surface area contributed by atoms with E-state index in [1.54, 1.807) is 20.4 Å². The Bertz CT molecular complexity index is 569. The van der Waals surface area contributed by atoms with Crippen LogP contribution in [0.2, 0.25) is 4.34 Å². The van der Waals surface area contributed by atoms with Crippen molar-refractivity contribution in [1.29, 1.82) is 0 Å². The number of carbonyl (C=O) groups excluding carboxylic acids is 1. The van der Waals surface area contributed by atoms with Gasteiger partial charge in [-0.3, -0.25) is 0 Å². The van der Waals surface area contributed by atoms with Gasteiger partial charge in [0.05, 0.1) is 10.6 Å². The first-order valence-electron chi connectivity index (χ1n) is 6.55. The standard InChI is InChI=1S/C14H18ClN3O2S/c1-18(2)14(19)17-8-7-16-13(10-4-3-9-20-10)11-5-6-12(15)21-11/h3-6,9,13,16H,7-8H2,1-2H3,(H,17,19). The van der Waals surface area contributed by atoms with Gasteiger partial charge in [-0.2, -0.15) is 0 Å². The summed E-state index contributed by atoms with van der Waals surface area (Å²) in [6, 6.07) is 7.45. The van der Waals surface area contributed by atoms with Crippen molar-refractivity contribution in [3.63, 3.8) is 0 Å². The van der Waals surface area contributed by atoms with Gasteiger partial charge in [0.15, 0.2) is 0 Å². The molecule has 2 aromatic rings. The lowest BCUT2D eigenvalue weighted by atomic mass is 10.2. The van der Waals surface area contributed by atoms with Gasteiger partial charge in [0.25, 0.3) is 0 Å². The molecule has 2 N–H and O–H groups in total. The molecule has 2 aromatic heterocycles. The van der Waals surface area contributed by atoms with Gasteiger partial charge < -0.3 is 20.0 Å². The number of carbonyl (C=O) groups is 1. The molecule has 0 aliphatic heterocycles. The average molecular weight is 328 g/mol. The molecule has 0 saturated heterocycles. The Labute approximate surface area is 132 Å². The largest absolute Gasteiger partial charge is 0.467 e. The van der Waals surface area contributed by atoms with E-state index in [4.69, 9.17) is 16.0 Å². The van der Waals surface area contributed by atoms with Crippen LogP contribution in [0.25, 0.3) is 0 Å². The van der Waals surface area contributed by atoms with E-state index in [2.05, 4.69) is 10.6 Å². The lowest BCUT2D eigenvalue weighted by Gasteiger charge is -2.16. The van der Waals surface area contributed by atoms with E-state index in [0.29, 0.717) is 13.1 Å². The molecule has 0 spiro atoms. The van der Waals surface area contributed by atoms with Crippen LogP contribution < -0.4 is 10.6 Å². The number of hydrogen-bond donors (Lipinski definition) is 2. The predicted molar refractivity (Wildman–Crippen MR) is 85.0 cm³/mol. The lowest BCUT2D eigenvalue weighted by molar-refractivity contribution is 0.217. The Morgan fingerprint density at radius 1 is 1.38 bits per heavy atom. The molecular weight excluding hydrogens is 310 g/mol. The van der Waals surface area contributed by atoms with Crippen LogP contribution in [0.1, 0.15) is 16.7 Å². The summed E-state index contributed by atoms with van der Waals surface area (Å²) in [5.74, 6) is 0.826. The first-order chi connectivity index (χ1) is 10.1. The fourth-order valence-corrected chi connectivity index (χ4v) is 2.97. The van der Waals surface area contributed by atoms with Crippen molar-refractivity contribution in [1.82, 2.24) is 15.5 Å². The van der Waals surface area contributed by atoms with Gasteiger partial charge in [-0.15, -0.1) is 11.3 Å². The molecule has 0 saturated carbocycles. The highest BCUT2D eigenvalue weighted by Crippen LogP contribution is 2.31. The maximum Gasteiger partial charge on any atom is 0.316 e. The van der Waals surface area contributed by atoms with E-state index in [0.717, 1.165) is 15.0 Å². The molecule has 0 fully saturated rings. The number of amides is 2. The van der Waals surface area contributed by atoms with Gasteiger partial charge in [-0.1, -0.05) is 11.6 Å². The Hall–Kier alpha value is -1.50. The number of hydrogen-bond acceptors (Lipinski definition) is 4. The van der Waals surface area contributed by atoms with E-state index in [1.165, 1.54) is 16.2 Å². The van der Waals surface area contributed by atoms with Gasteiger partial charge in [-0.05, 0) is 24.3 Å². The second kappa shape index (κ2) is 7.49. The second-order valence-electron chi connectivity index (χ2n) is 4.67. The average Bonchev–Trinajstić information content (AvgIpc) is 3.10. The number of furan rings is 1. The summed E-state index contributed by atoms with van der Waals surface area (Å²) in [4.78, 5) is 14.0. The molecule has 21 heavy (non-hydrogen) atoms. The zero-order chi connectivity index (χ0) is 15.2. The Kier molecular flexibility index (Phi) is 5.67. The highest BCUT2D eigenvalue weighted by atomic mass is 35.5. The summed E-state index contributed by atoms with van der Waals surface area (Å²) in [5, 5.41) is 6.18. The fourth-order valence-electron chi connectivity index (χ4n) is 1.82. The number of nitrogens with zero attached hydrogens (tertiary/aromatic N) is 1. The van der Waals surface area contributed by atoms with Crippen LogP contribution in [0.15, 0.2) is 34.9 Å². The molecule has 2 rings (SSSR count). The van der Waals surface area contributed by atoms with Gasteiger partial charge >= 0.3 is 6.03 Å². The van der Waals surface area contributed by atoms with E-state index in [1.807, 2.05) is 24.3 Å². The Balaban J connectivity index is 1.93. The Morgan fingerprint density at radius 3 is 2.76 bits per heavy atom. The smallest absolute Gasteiger partial charge is 0.316 e. The number of halogens is 1. The summed E-state index contributed by atoms with van der Waals surface area (Å²) >= 11 is 7.51. The minimum Gasteiger partial charge on any atom is -0.467 e. The molecule has 0 aromatic carbocycles. The van der Waals surface area contributed by atoms with Crippen molar-refractivity contribution in [2.75, 3.05) is 27.2 Å². The molecule has 2 amide bonds. The third kappa shape index (κ3) is 4.49. The van der Waals surface area contributed by atoms with Crippen molar-refractivity contribution in [3.8, 4) is 0 Å². The van der Waals surface area contributed by atoms with E-state index in [9.17, 15) is 4.79 Å². The maximum absolute atomic E-state index is 11.4. The SMILES string of the molecule is CN(C)C(=O)NCCNC(c1ccco1)c1ccc(Cl)s1.